The van der Waals surface area contributed by atoms with Gasteiger partial charge in [-0.3, -0.25) is 0 Å². The van der Waals surface area contributed by atoms with Crippen LogP contribution in [-0.2, 0) is 0 Å². The molecule has 2 aromatic rings. The predicted molar refractivity (Wildman–Crippen MR) is 80.6 cm³/mol. The molecule has 2 rings (SSSR count). The van der Waals surface area contributed by atoms with Crippen molar-refractivity contribution < 1.29 is 5.32 Å². The van der Waals surface area contributed by atoms with Crippen LogP contribution >= 0.6 is 0 Å². The van der Waals surface area contributed by atoms with Gasteiger partial charge < -0.3 is 22.1 Å². The third-order valence-electron chi connectivity index (χ3n) is 3.09. The highest BCUT2D eigenvalue weighted by Gasteiger charge is 2.16. The van der Waals surface area contributed by atoms with Crippen LogP contribution in [0.1, 0.15) is 17.3 Å². The van der Waals surface area contributed by atoms with Crippen LogP contribution in [0.4, 0.5) is 17.1 Å². The monoisotopic (exact) mass is 268 g/mol. The van der Waals surface area contributed by atoms with E-state index in [1.54, 1.807) is 24.3 Å². The molecule has 7 N–H and O–H groups in total. The first-order valence-electron chi connectivity index (χ1n) is 6.35. The molecule has 2 aromatic carbocycles. The summed E-state index contributed by atoms with van der Waals surface area (Å²) in [6.07, 6.45) is -0.0626. The van der Waals surface area contributed by atoms with E-state index in [-0.39, 0.29) is 6.17 Å². The van der Waals surface area contributed by atoms with Crippen molar-refractivity contribution in [2.45, 2.75) is 6.17 Å². The SMILES string of the molecule is C[NH2+]C(Nc1cccc(C#N)c1)c1cc(N)ccc1N. The molecule has 20 heavy (non-hydrogen) atoms. The fraction of sp³-hybridized carbons (Fsp3) is 0.133. The first kappa shape index (κ1) is 13.7. The summed E-state index contributed by atoms with van der Waals surface area (Å²) in [5.74, 6) is 0. The van der Waals surface area contributed by atoms with Crippen molar-refractivity contribution in [3.8, 4) is 6.07 Å². The molecule has 0 fully saturated rings. The lowest BCUT2D eigenvalue weighted by molar-refractivity contribution is -0.663. The highest BCUT2D eigenvalue weighted by molar-refractivity contribution is 5.58. The Hall–Kier alpha value is -2.71. The van der Waals surface area contributed by atoms with Gasteiger partial charge in [-0.1, -0.05) is 6.07 Å². The Balaban J connectivity index is 2.29. The summed E-state index contributed by atoms with van der Waals surface area (Å²) in [5.41, 5.74) is 15.6. The van der Waals surface area contributed by atoms with Crippen molar-refractivity contribution in [2.75, 3.05) is 23.8 Å². The lowest BCUT2D eigenvalue weighted by atomic mass is 10.1. The van der Waals surface area contributed by atoms with Gasteiger partial charge in [-0.2, -0.15) is 5.26 Å². The average molecular weight is 268 g/mol. The first-order chi connectivity index (χ1) is 9.63. The number of nitrogens with two attached hydrogens (primary N) is 3. The molecule has 1 atom stereocenters. The normalized spacial score (nSPS) is 11.6. The van der Waals surface area contributed by atoms with Crippen LogP contribution in [-0.4, -0.2) is 7.05 Å². The van der Waals surface area contributed by atoms with Crippen molar-refractivity contribution in [3.05, 3.63) is 53.6 Å². The van der Waals surface area contributed by atoms with E-state index in [9.17, 15) is 0 Å². The molecule has 0 aliphatic heterocycles. The summed E-state index contributed by atoms with van der Waals surface area (Å²) >= 11 is 0. The minimum atomic E-state index is -0.0626. The van der Waals surface area contributed by atoms with Crippen molar-refractivity contribution in [3.63, 3.8) is 0 Å². The molecule has 0 aliphatic rings. The summed E-state index contributed by atoms with van der Waals surface area (Å²) < 4.78 is 0. The van der Waals surface area contributed by atoms with Crippen molar-refractivity contribution in [1.82, 2.24) is 0 Å². The van der Waals surface area contributed by atoms with E-state index < -0.39 is 0 Å². The van der Waals surface area contributed by atoms with Crippen LogP contribution in [0.5, 0.6) is 0 Å². The average Bonchev–Trinajstić information content (AvgIpc) is 2.47. The lowest BCUT2D eigenvalue weighted by Gasteiger charge is -2.18. The van der Waals surface area contributed by atoms with E-state index in [0.29, 0.717) is 16.9 Å². The van der Waals surface area contributed by atoms with Gasteiger partial charge in [0.15, 0.2) is 6.17 Å². The summed E-state index contributed by atoms with van der Waals surface area (Å²) in [7, 11) is 1.95. The van der Waals surface area contributed by atoms with E-state index in [0.717, 1.165) is 11.3 Å². The van der Waals surface area contributed by atoms with Gasteiger partial charge in [0.05, 0.1) is 24.2 Å². The molecule has 5 nitrogen and oxygen atoms in total. The maximum Gasteiger partial charge on any atom is 0.187 e. The second kappa shape index (κ2) is 5.95. The Morgan fingerprint density at radius 3 is 2.70 bits per heavy atom. The fourth-order valence-corrected chi connectivity index (χ4v) is 2.06. The zero-order valence-electron chi connectivity index (χ0n) is 11.3. The van der Waals surface area contributed by atoms with Crippen molar-refractivity contribution in [1.29, 1.82) is 5.26 Å². The maximum atomic E-state index is 8.93. The smallest absolute Gasteiger partial charge is 0.187 e. The maximum absolute atomic E-state index is 8.93. The number of quaternary nitrogens is 1. The molecule has 0 saturated carbocycles. The molecule has 0 aliphatic carbocycles. The Labute approximate surface area is 118 Å². The topological polar surface area (TPSA) is 104 Å². The number of hydrogen-bond acceptors (Lipinski definition) is 4. The minimum absolute atomic E-state index is 0.0626. The summed E-state index contributed by atoms with van der Waals surface area (Å²) in [6.45, 7) is 0. The van der Waals surface area contributed by atoms with Crippen LogP contribution in [0, 0.1) is 11.3 Å². The minimum Gasteiger partial charge on any atom is -0.399 e. The zero-order chi connectivity index (χ0) is 14.5. The number of nitriles is 1. The highest BCUT2D eigenvalue weighted by atomic mass is 15.1. The number of nitrogens with one attached hydrogen (secondary N) is 1. The van der Waals surface area contributed by atoms with Crippen LogP contribution in [0.15, 0.2) is 42.5 Å². The highest BCUT2D eigenvalue weighted by Crippen LogP contribution is 2.22. The molecule has 1 unspecified atom stereocenters. The number of rotatable bonds is 4. The van der Waals surface area contributed by atoms with Crippen molar-refractivity contribution >= 4 is 17.1 Å². The molecule has 0 amide bonds. The molecular weight excluding hydrogens is 250 g/mol. The van der Waals surface area contributed by atoms with E-state index >= 15 is 0 Å². The number of anilines is 3. The van der Waals surface area contributed by atoms with Crippen LogP contribution < -0.4 is 22.1 Å². The van der Waals surface area contributed by atoms with Gasteiger partial charge >= 0.3 is 0 Å². The standard InChI is InChI=1S/C15H17N5/c1-19-15(13-8-11(17)5-6-14(13)18)20-12-4-2-3-10(7-12)9-16/h2-8,15,19-20H,17-18H2,1H3/p+1. The molecule has 5 heteroatoms. The van der Waals surface area contributed by atoms with E-state index in [2.05, 4.69) is 11.4 Å². The molecule has 0 bridgehead atoms. The molecule has 0 saturated heterocycles. The first-order valence-corrected chi connectivity index (χ1v) is 6.35. The van der Waals surface area contributed by atoms with Crippen LogP contribution in [0.25, 0.3) is 0 Å². The second-order valence-corrected chi connectivity index (χ2v) is 4.54. The number of hydrogen-bond donors (Lipinski definition) is 4. The number of nitrogens with zero attached hydrogens (tertiary/aromatic N) is 1. The Morgan fingerprint density at radius 1 is 1.20 bits per heavy atom. The zero-order valence-corrected chi connectivity index (χ0v) is 11.3. The van der Waals surface area contributed by atoms with Gasteiger partial charge in [0, 0.05) is 17.1 Å². The van der Waals surface area contributed by atoms with Gasteiger partial charge in [0.2, 0.25) is 0 Å². The summed E-state index contributed by atoms with van der Waals surface area (Å²) in [5, 5.41) is 14.3. The van der Waals surface area contributed by atoms with E-state index in [4.69, 9.17) is 16.7 Å². The molecular formula is C15H18N5+. The summed E-state index contributed by atoms with van der Waals surface area (Å²) in [6, 6.07) is 14.9. The van der Waals surface area contributed by atoms with Gasteiger partial charge in [0.1, 0.15) is 0 Å². The van der Waals surface area contributed by atoms with Gasteiger partial charge in [-0.05, 0) is 36.4 Å². The second-order valence-electron chi connectivity index (χ2n) is 4.54. The predicted octanol–water partition coefficient (Wildman–Crippen LogP) is 1.03. The van der Waals surface area contributed by atoms with Crippen LogP contribution in [0.3, 0.4) is 0 Å². The van der Waals surface area contributed by atoms with E-state index in [1.165, 1.54) is 0 Å². The summed E-state index contributed by atoms with van der Waals surface area (Å²) in [4.78, 5) is 0. The van der Waals surface area contributed by atoms with E-state index in [1.807, 2.05) is 30.6 Å². The lowest BCUT2D eigenvalue weighted by Crippen LogP contribution is -2.83. The Morgan fingerprint density at radius 2 is 2.00 bits per heavy atom. The number of nitrogen functional groups attached to an aromatic ring is 2. The molecule has 102 valence electrons. The molecule has 0 spiro atoms. The Kier molecular flexibility index (Phi) is 4.08. The Bertz CT molecular complexity index is 645. The molecule has 0 heterocycles. The van der Waals surface area contributed by atoms with Gasteiger partial charge in [-0.15, -0.1) is 0 Å². The molecule has 0 radical (unpaired) electrons. The molecule has 0 aromatic heterocycles. The fourth-order valence-electron chi connectivity index (χ4n) is 2.06. The number of benzene rings is 2. The quantitative estimate of drug-likeness (QED) is 0.491. The largest absolute Gasteiger partial charge is 0.399 e. The third-order valence-corrected chi connectivity index (χ3v) is 3.09. The van der Waals surface area contributed by atoms with Gasteiger partial charge in [0.25, 0.3) is 0 Å². The van der Waals surface area contributed by atoms with Crippen molar-refractivity contribution in [2.24, 2.45) is 0 Å². The third kappa shape index (κ3) is 2.99. The van der Waals surface area contributed by atoms with Crippen LogP contribution in [0.2, 0.25) is 0 Å². The van der Waals surface area contributed by atoms with Gasteiger partial charge in [-0.25, -0.2) is 0 Å².